The number of anilines is 4. The van der Waals surface area contributed by atoms with Crippen LogP contribution in [-0.4, -0.2) is 73.1 Å². The Bertz CT molecular complexity index is 1870. The topological polar surface area (TPSA) is 180 Å². The fraction of sp³-hybridized carbons (Fsp3) is 0.250. The van der Waals surface area contributed by atoms with Crippen LogP contribution < -0.4 is 21.3 Å². The number of carboxylic acid groups (broad SMARTS) is 1. The lowest BCUT2D eigenvalue weighted by molar-refractivity contribution is -0.137. The van der Waals surface area contributed by atoms with Crippen LogP contribution in [0.4, 0.5) is 23.5 Å². The minimum absolute atomic E-state index is 0.0782. The molecule has 14 heteroatoms. The molecule has 1 aliphatic heterocycles. The number of carboxylic acids is 1. The van der Waals surface area contributed by atoms with Crippen molar-refractivity contribution in [1.82, 2.24) is 35.1 Å². The molecule has 6 N–H and O–H groups in total. The zero-order chi connectivity index (χ0) is 31.9. The number of nitrogens with zero attached hydrogens (tertiary/aromatic N) is 6. The maximum absolute atomic E-state index is 12.3. The Morgan fingerprint density at radius 3 is 2.54 bits per heavy atom. The maximum Gasteiger partial charge on any atom is 0.326 e. The van der Waals surface area contributed by atoms with E-state index in [4.69, 9.17) is 16.9 Å². The number of imidazole rings is 1. The van der Waals surface area contributed by atoms with Gasteiger partial charge in [0.15, 0.2) is 0 Å². The number of nitrogens with one attached hydrogen (secondary N) is 5. The minimum Gasteiger partial charge on any atom is -0.480 e. The standard InChI is InChI=1S/C32H32ClN11O2/c33-23-8-9-25-26(16-23)39-28(38-25)18-36-30-41-31(37-24-3-1-2-22(14-24)19-44-12-10-35-11-13-44)43-32(42-30)40-27(29(45)46)15-20-4-6-21(17-34)7-5-20/h1-9,14,16,27,35H,10-13,15,18-19H2,(H,38,39)(H,45,46)(H3,36,37,40,41,42,43)/t27-/m0/s1. The van der Waals surface area contributed by atoms with Gasteiger partial charge in [-0.15, -0.1) is 0 Å². The number of piperazine rings is 1. The number of aliphatic carboxylic acids is 1. The molecule has 6 rings (SSSR count). The molecule has 1 atom stereocenters. The van der Waals surface area contributed by atoms with Gasteiger partial charge in [-0.05, 0) is 53.6 Å². The van der Waals surface area contributed by atoms with E-state index in [1.165, 1.54) is 0 Å². The fourth-order valence-corrected chi connectivity index (χ4v) is 5.34. The maximum atomic E-state index is 12.3. The lowest BCUT2D eigenvalue weighted by Crippen LogP contribution is -2.42. The molecule has 3 aromatic carbocycles. The molecule has 0 radical (unpaired) electrons. The highest BCUT2D eigenvalue weighted by Crippen LogP contribution is 2.21. The summed E-state index contributed by atoms with van der Waals surface area (Å²) < 4.78 is 0. The molecule has 234 valence electrons. The van der Waals surface area contributed by atoms with Gasteiger partial charge in [0, 0.05) is 49.9 Å². The van der Waals surface area contributed by atoms with Gasteiger partial charge in [-0.25, -0.2) is 9.78 Å². The van der Waals surface area contributed by atoms with Crippen LogP contribution >= 0.6 is 11.6 Å². The Labute approximate surface area is 270 Å². The second-order valence-electron chi connectivity index (χ2n) is 10.9. The van der Waals surface area contributed by atoms with Gasteiger partial charge in [0.25, 0.3) is 0 Å². The zero-order valence-corrected chi connectivity index (χ0v) is 25.6. The summed E-state index contributed by atoms with van der Waals surface area (Å²) in [7, 11) is 0. The summed E-state index contributed by atoms with van der Waals surface area (Å²) in [5.41, 5.74) is 4.76. The molecule has 3 heterocycles. The summed E-state index contributed by atoms with van der Waals surface area (Å²) in [6.45, 7) is 5.01. The summed E-state index contributed by atoms with van der Waals surface area (Å²) in [5, 5.41) is 32.5. The minimum atomic E-state index is -1.07. The predicted octanol–water partition coefficient (Wildman–Crippen LogP) is 4.14. The largest absolute Gasteiger partial charge is 0.480 e. The van der Waals surface area contributed by atoms with Crippen molar-refractivity contribution in [2.24, 2.45) is 0 Å². The summed E-state index contributed by atoms with van der Waals surface area (Å²) >= 11 is 6.13. The van der Waals surface area contributed by atoms with E-state index >= 15 is 0 Å². The molecule has 1 saturated heterocycles. The average Bonchev–Trinajstić information content (AvgIpc) is 3.46. The van der Waals surface area contributed by atoms with Gasteiger partial charge in [0.1, 0.15) is 11.9 Å². The SMILES string of the molecule is N#Cc1ccc(C[C@H](Nc2nc(NCc3nc4ccc(Cl)cc4[nH]3)nc(Nc3cccc(CN4CCNCC4)c3)n2)C(=O)O)cc1. The van der Waals surface area contributed by atoms with Crippen molar-refractivity contribution >= 4 is 52.1 Å². The second-order valence-corrected chi connectivity index (χ2v) is 11.3. The molecule has 46 heavy (non-hydrogen) atoms. The van der Waals surface area contributed by atoms with E-state index in [2.05, 4.69) is 69.3 Å². The molecule has 5 aromatic rings. The van der Waals surface area contributed by atoms with E-state index in [1.807, 2.05) is 18.2 Å². The Hall–Kier alpha value is -5.29. The van der Waals surface area contributed by atoms with E-state index in [9.17, 15) is 9.90 Å². The summed E-state index contributed by atoms with van der Waals surface area (Å²) in [5.74, 6) is 0.104. The van der Waals surface area contributed by atoms with Crippen LogP contribution in [0.15, 0.2) is 66.7 Å². The summed E-state index contributed by atoms with van der Waals surface area (Å²) in [6, 6.07) is 21.3. The van der Waals surface area contributed by atoms with E-state index < -0.39 is 12.0 Å². The van der Waals surface area contributed by atoms with Gasteiger partial charge in [0.05, 0.1) is 29.2 Å². The molecule has 0 amide bonds. The fourth-order valence-electron chi connectivity index (χ4n) is 5.17. The van der Waals surface area contributed by atoms with Crippen LogP contribution in [0.5, 0.6) is 0 Å². The molecule has 2 aromatic heterocycles. The molecule has 0 unspecified atom stereocenters. The number of aromatic amines is 1. The molecular formula is C32H32ClN11O2. The van der Waals surface area contributed by atoms with Gasteiger partial charge in [0.2, 0.25) is 17.8 Å². The van der Waals surface area contributed by atoms with Gasteiger partial charge in [-0.2, -0.15) is 20.2 Å². The second kappa shape index (κ2) is 14.2. The third-order valence-electron chi connectivity index (χ3n) is 7.47. The monoisotopic (exact) mass is 637 g/mol. The first-order valence-electron chi connectivity index (χ1n) is 14.8. The van der Waals surface area contributed by atoms with E-state index in [0.29, 0.717) is 16.4 Å². The first-order valence-corrected chi connectivity index (χ1v) is 15.2. The molecule has 0 spiro atoms. The van der Waals surface area contributed by atoms with Crippen LogP contribution in [0, 0.1) is 11.3 Å². The Balaban J connectivity index is 1.24. The zero-order valence-electron chi connectivity index (χ0n) is 24.8. The van der Waals surface area contributed by atoms with Crippen LogP contribution in [0.2, 0.25) is 5.02 Å². The molecule has 13 nitrogen and oxygen atoms in total. The predicted molar refractivity (Wildman–Crippen MR) is 176 cm³/mol. The highest BCUT2D eigenvalue weighted by molar-refractivity contribution is 6.31. The van der Waals surface area contributed by atoms with Gasteiger partial charge >= 0.3 is 5.97 Å². The number of nitriles is 1. The third kappa shape index (κ3) is 8.05. The van der Waals surface area contributed by atoms with Crippen molar-refractivity contribution in [2.75, 3.05) is 42.1 Å². The number of fused-ring (bicyclic) bond motifs is 1. The van der Waals surface area contributed by atoms with Crippen LogP contribution in [0.3, 0.4) is 0 Å². The number of carbonyl (C=O) groups is 1. The van der Waals surface area contributed by atoms with Gasteiger partial charge in [-0.3, -0.25) is 4.90 Å². The molecule has 0 bridgehead atoms. The van der Waals surface area contributed by atoms with Crippen molar-refractivity contribution in [3.05, 3.63) is 94.3 Å². The molecule has 0 aliphatic carbocycles. The van der Waals surface area contributed by atoms with E-state index in [1.54, 1.807) is 36.4 Å². The Morgan fingerprint density at radius 2 is 1.76 bits per heavy atom. The number of aromatic nitrogens is 5. The van der Waals surface area contributed by atoms with E-state index in [0.717, 1.165) is 60.6 Å². The lowest BCUT2D eigenvalue weighted by atomic mass is 10.0. The van der Waals surface area contributed by atoms with E-state index in [-0.39, 0.29) is 30.8 Å². The number of benzene rings is 3. The lowest BCUT2D eigenvalue weighted by Gasteiger charge is -2.27. The normalized spacial score (nSPS) is 14.0. The number of H-pyrrole nitrogens is 1. The average molecular weight is 638 g/mol. The number of rotatable bonds is 12. The van der Waals surface area contributed by atoms with Gasteiger partial charge in [-0.1, -0.05) is 35.9 Å². The summed E-state index contributed by atoms with van der Waals surface area (Å²) in [6.07, 6.45) is 0.147. The first-order chi connectivity index (χ1) is 22.4. The highest BCUT2D eigenvalue weighted by atomic mass is 35.5. The summed E-state index contributed by atoms with van der Waals surface area (Å²) in [4.78, 5) is 36.0. The quantitative estimate of drug-likeness (QED) is 0.115. The Kier molecular flexibility index (Phi) is 9.49. The van der Waals surface area contributed by atoms with Gasteiger partial charge < -0.3 is 31.4 Å². The van der Waals surface area contributed by atoms with Crippen molar-refractivity contribution in [3.8, 4) is 6.07 Å². The highest BCUT2D eigenvalue weighted by Gasteiger charge is 2.21. The molecular weight excluding hydrogens is 606 g/mol. The van der Waals surface area contributed by atoms with Crippen LogP contribution in [-0.2, 0) is 24.3 Å². The number of hydrogen-bond acceptors (Lipinski definition) is 11. The van der Waals surface area contributed by atoms with Crippen LogP contribution in [0.1, 0.15) is 22.5 Å². The molecule has 0 saturated carbocycles. The van der Waals surface area contributed by atoms with Crippen molar-refractivity contribution in [3.63, 3.8) is 0 Å². The third-order valence-corrected chi connectivity index (χ3v) is 7.70. The van der Waals surface area contributed by atoms with Crippen molar-refractivity contribution < 1.29 is 9.90 Å². The smallest absolute Gasteiger partial charge is 0.326 e. The number of halogens is 1. The van der Waals surface area contributed by atoms with Crippen molar-refractivity contribution in [1.29, 1.82) is 5.26 Å². The Morgan fingerprint density at radius 1 is 0.978 bits per heavy atom. The van der Waals surface area contributed by atoms with Crippen molar-refractivity contribution in [2.45, 2.75) is 25.6 Å². The molecule has 1 aliphatic rings. The molecule has 1 fully saturated rings. The van der Waals surface area contributed by atoms with Crippen LogP contribution in [0.25, 0.3) is 11.0 Å². The number of hydrogen-bond donors (Lipinski definition) is 6. The first kappa shape index (κ1) is 30.7.